The number of halogens is 1. The Labute approximate surface area is 131 Å². The van der Waals surface area contributed by atoms with E-state index in [0.29, 0.717) is 11.6 Å². The van der Waals surface area contributed by atoms with Gasteiger partial charge in [0, 0.05) is 35.7 Å². The fourth-order valence-corrected chi connectivity index (χ4v) is 3.87. The average Bonchev–Trinajstić information content (AvgIpc) is 3.28. The highest BCUT2D eigenvalue weighted by Gasteiger charge is 2.47. The Morgan fingerprint density at radius 1 is 1.35 bits per heavy atom. The fourth-order valence-electron chi connectivity index (χ4n) is 3.46. The molecule has 2 nitrogen and oxygen atoms in total. The molecule has 1 aromatic rings. The second-order valence-corrected chi connectivity index (χ2v) is 7.44. The number of piperazine rings is 1. The number of nitrogens with zero attached hydrogens (tertiary/aromatic N) is 1. The molecule has 1 heterocycles. The van der Waals surface area contributed by atoms with Gasteiger partial charge < -0.3 is 5.32 Å². The SMILES string of the molecule is CCC1CN(Cc2ccccc2Br)C(C)(C2CC2)CN1. The van der Waals surface area contributed by atoms with E-state index in [0.717, 1.165) is 19.0 Å². The molecule has 1 saturated carbocycles. The summed E-state index contributed by atoms with van der Waals surface area (Å²) in [5.74, 6) is 0.885. The van der Waals surface area contributed by atoms with E-state index in [9.17, 15) is 0 Å². The minimum absolute atomic E-state index is 0.334. The summed E-state index contributed by atoms with van der Waals surface area (Å²) in [4.78, 5) is 2.73. The second kappa shape index (κ2) is 5.78. The first-order valence-electron chi connectivity index (χ1n) is 7.85. The largest absolute Gasteiger partial charge is 0.311 e. The predicted octanol–water partition coefficient (Wildman–Crippen LogP) is 3.80. The smallest absolute Gasteiger partial charge is 0.0338 e. The highest BCUT2D eigenvalue weighted by molar-refractivity contribution is 9.10. The monoisotopic (exact) mass is 336 g/mol. The molecule has 0 bridgehead atoms. The molecule has 1 saturated heterocycles. The van der Waals surface area contributed by atoms with Crippen molar-refractivity contribution in [1.82, 2.24) is 10.2 Å². The maximum Gasteiger partial charge on any atom is 0.0338 e. The normalized spacial score (nSPS) is 31.4. The zero-order valence-electron chi connectivity index (χ0n) is 12.5. The summed E-state index contributed by atoms with van der Waals surface area (Å²) in [5, 5.41) is 3.76. The third kappa shape index (κ3) is 2.81. The van der Waals surface area contributed by atoms with Gasteiger partial charge in [0.05, 0.1) is 0 Å². The third-order valence-corrected chi connectivity index (χ3v) is 5.95. The topological polar surface area (TPSA) is 15.3 Å². The Balaban J connectivity index is 1.81. The zero-order chi connectivity index (χ0) is 14.2. The van der Waals surface area contributed by atoms with Crippen LogP contribution in [0.25, 0.3) is 0 Å². The predicted molar refractivity (Wildman–Crippen MR) is 87.8 cm³/mol. The van der Waals surface area contributed by atoms with Crippen LogP contribution in [-0.2, 0) is 6.54 Å². The van der Waals surface area contributed by atoms with Crippen LogP contribution in [0, 0.1) is 5.92 Å². The Kier molecular flexibility index (Phi) is 4.21. The zero-order valence-corrected chi connectivity index (χ0v) is 14.1. The van der Waals surface area contributed by atoms with Crippen molar-refractivity contribution in [1.29, 1.82) is 0 Å². The quantitative estimate of drug-likeness (QED) is 0.899. The van der Waals surface area contributed by atoms with Crippen molar-refractivity contribution in [3.63, 3.8) is 0 Å². The number of nitrogens with one attached hydrogen (secondary N) is 1. The molecule has 1 aliphatic carbocycles. The molecule has 3 heteroatoms. The molecular formula is C17H25BrN2. The molecular weight excluding hydrogens is 312 g/mol. The summed E-state index contributed by atoms with van der Waals surface area (Å²) in [6.45, 7) is 8.12. The third-order valence-electron chi connectivity index (χ3n) is 5.18. The molecule has 3 rings (SSSR count). The molecule has 20 heavy (non-hydrogen) atoms. The molecule has 2 atom stereocenters. The first-order valence-corrected chi connectivity index (χ1v) is 8.64. The number of benzene rings is 1. The summed E-state index contributed by atoms with van der Waals surface area (Å²) >= 11 is 3.70. The van der Waals surface area contributed by atoms with Crippen LogP contribution in [0.15, 0.2) is 28.7 Å². The van der Waals surface area contributed by atoms with Gasteiger partial charge in [-0.05, 0) is 43.7 Å². The Morgan fingerprint density at radius 2 is 2.10 bits per heavy atom. The van der Waals surface area contributed by atoms with Gasteiger partial charge in [-0.25, -0.2) is 0 Å². The maximum absolute atomic E-state index is 3.76. The van der Waals surface area contributed by atoms with E-state index in [-0.39, 0.29) is 0 Å². The second-order valence-electron chi connectivity index (χ2n) is 6.59. The van der Waals surface area contributed by atoms with Gasteiger partial charge >= 0.3 is 0 Å². The van der Waals surface area contributed by atoms with Gasteiger partial charge in [-0.1, -0.05) is 41.1 Å². The van der Waals surface area contributed by atoms with Gasteiger partial charge in [0.25, 0.3) is 0 Å². The van der Waals surface area contributed by atoms with Gasteiger partial charge in [0.15, 0.2) is 0 Å². The lowest BCUT2D eigenvalue weighted by atomic mass is 9.88. The maximum atomic E-state index is 3.76. The Bertz CT molecular complexity index is 472. The van der Waals surface area contributed by atoms with Crippen molar-refractivity contribution >= 4 is 15.9 Å². The van der Waals surface area contributed by atoms with Crippen molar-refractivity contribution < 1.29 is 0 Å². The number of hydrogen-bond acceptors (Lipinski definition) is 2. The molecule has 2 aliphatic rings. The van der Waals surface area contributed by atoms with E-state index >= 15 is 0 Å². The van der Waals surface area contributed by atoms with Gasteiger partial charge in [-0.15, -0.1) is 0 Å². The lowest BCUT2D eigenvalue weighted by Gasteiger charge is -2.49. The number of hydrogen-bond donors (Lipinski definition) is 1. The van der Waals surface area contributed by atoms with E-state index in [1.165, 1.54) is 35.8 Å². The highest BCUT2D eigenvalue weighted by Crippen LogP contribution is 2.44. The van der Waals surface area contributed by atoms with Gasteiger partial charge in [-0.2, -0.15) is 0 Å². The average molecular weight is 337 g/mol. The summed E-state index contributed by atoms with van der Waals surface area (Å²) in [6, 6.07) is 9.29. The lowest BCUT2D eigenvalue weighted by molar-refractivity contribution is 0.0269. The van der Waals surface area contributed by atoms with E-state index in [2.05, 4.69) is 64.3 Å². The fraction of sp³-hybridized carbons (Fsp3) is 0.647. The molecule has 110 valence electrons. The lowest BCUT2D eigenvalue weighted by Crippen LogP contribution is -2.63. The van der Waals surface area contributed by atoms with Crippen molar-refractivity contribution in [2.45, 2.75) is 51.2 Å². The Hall–Kier alpha value is -0.380. The molecule has 0 radical (unpaired) electrons. The van der Waals surface area contributed by atoms with Crippen LogP contribution in [0.1, 0.15) is 38.7 Å². The van der Waals surface area contributed by atoms with Gasteiger partial charge in [0.1, 0.15) is 0 Å². The van der Waals surface area contributed by atoms with Crippen molar-refractivity contribution in [2.75, 3.05) is 13.1 Å². The molecule has 0 aromatic heterocycles. The van der Waals surface area contributed by atoms with E-state index in [1.54, 1.807) is 0 Å². The van der Waals surface area contributed by atoms with Gasteiger partial charge in [-0.3, -0.25) is 4.90 Å². The van der Waals surface area contributed by atoms with E-state index < -0.39 is 0 Å². The van der Waals surface area contributed by atoms with Crippen molar-refractivity contribution in [2.24, 2.45) is 5.92 Å². The van der Waals surface area contributed by atoms with Crippen LogP contribution in [0.2, 0.25) is 0 Å². The summed E-state index contributed by atoms with van der Waals surface area (Å²) in [7, 11) is 0. The molecule has 1 N–H and O–H groups in total. The molecule has 2 fully saturated rings. The van der Waals surface area contributed by atoms with Crippen molar-refractivity contribution in [3.8, 4) is 0 Å². The molecule has 2 unspecified atom stereocenters. The van der Waals surface area contributed by atoms with Crippen LogP contribution < -0.4 is 5.32 Å². The van der Waals surface area contributed by atoms with Crippen LogP contribution >= 0.6 is 15.9 Å². The minimum Gasteiger partial charge on any atom is -0.311 e. The van der Waals surface area contributed by atoms with Gasteiger partial charge in [0.2, 0.25) is 0 Å². The minimum atomic E-state index is 0.334. The molecule has 0 spiro atoms. The summed E-state index contributed by atoms with van der Waals surface area (Å²) in [5.41, 5.74) is 1.75. The first kappa shape index (κ1) is 14.6. The number of rotatable bonds is 4. The summed E-state index contributed by atoms with van der Waals surface area (Å²) < 4.78 is 1.24. The molecule has 0 amide bonds. The van der Waals surface area contributed by atoms with E-state index in [4.69, 9.17) is 0 Å². The first-order chi connectivity index (χ1) is 9.63. The van der Waals surface area contributed by atoms with Crippen LogP contribution in [0.5, 0.6) is 0 Å². The Morgan fingerprint density at radius 3 is 2.75 bits per heavy atom. The highest BCUT2D eigenvalue weighted by atomic mass is 79.9. The van der Waals surface area contributed by atoms with Crippen LogP contribution in [0.4, 0.5) is 0 Å². The standard InChI is InChI=1S/C17H25BrN2/c1-3-15-11-20(10-13-6-4-5-7-16(13)18)17(2,12-19-15)14-8-9-14/h4-7,14-15,19H,3,8-12H2,1-2H3. The summed E-state index contributed by atoms with van der Waals surface area (Å²) in [6.07, 6.45) is 4.02. The van der Waals surface area contributed by atoms with E-state index in [1.807, 2.05) is 0 Å². The molecule has 1 aliphatic heterocycles. The van der Waals surface area contributed by atoms with Crippen molar-refractivity contribution in [3.05, 3.63) is 34.3 Å². The van der Waals surface area contributed by atoms with Crippen LogP contribution in [-0.4, -0.2) is 29.6 Å². The molecule has 1 aromatic carbocycles. The van der Waals surface area contributed by atoms with Crippen LogP contribution in [0.3, 0.4) is 0 Å².